The molecule has 0 bridgehead atoms. The van der Waals surface area contributed by atoms with Crippen LogP contribution in [0.2, 0.25) is 0 Å². The lowest BCUT2D eigenvalue weighted by molar-refractivity contribution is 0.0525. The molecular formula is C18H18N4O3. The molecule has 0 radical (unpaired) electrons. The fourth-order valence-corrected chi connectivity index (χ4v) is 2.30. The Labute approximate surface area is 145 Å². The number of aromatic nitrogens is 4. The molecule has 0 atom stereocenters. The fraction of sp³-hybridized carbons (Fsp3) is 0.222. The van der Waals surface area contributed by atoms with Gasteiger partial charge in [0.1, 0.15) is 11.5 Å². The number of ether oxygens (including phenoxy) is 2. The van der Waals surface area contributed by atoms with Crippen molar-refractivity contribution in [3.63, 3.8) is 0 Å². The van der Waals surface area contributed by atoms with Crippen LogP contribution >= 0.6 is 0 Å². The van der Waals surface area contributed by atoms with Crippen LogP contribution in [0.15, 0.2) is 42.7 Å². The van der Waals surface area contributed by atoms with E-state index in [2.05, 4.69) is 15.2 Å². The summed E-state index contributed by atoms with van der Waals surface area (Å²) < 4.78 is 11.0. The highest BCUT2D eigenvalue weighted by Crippen LogP contribution is 2.28. The number of nitrogens with zero attached hydrogens (tertiary/aromatic N) is 4. The number of carbonyl (C=O) groups is 1. The minimum absolute atomic E-state index is 0.327. The molecule has 3 rings (SSSR count). The van der Waals surface area contributed by atoms with E-state index in [1.54, 1.807) is 49.6 Å². The fourth-order valence-electron chi connectivity index (χ4n) is 2.30. The number of aryl methyl sites for hydroxylation is 1. The zero-order valence-electron chi connectivity index (χ0n) is 14.3. The Morgan fingerprint density at radius 2 is 2.08 bits per heavy atom. The van der Waals surface area contributed by atoms with E-state index in [4.69, 9.17) is 9.47 Å². The number of carbonyl (C=O) groups excluding carboxylic acids is 1. The van der Waals surface area contributed by atoms with Gasteiger partial charge in [-0.15, -0.1) is 4.80 Å². The zero-order valence-corrected chi connectivity index (χ0v) is 14.3. The average molecular weight is 338 g/mol. The Hall–Kier alpha value is -3.22. The predicted molar refractivity (Wildman–Crippen MR) is 91.1 cm³/mol. The number of rotatable bonds is 5. The Morgan fingerprint density at radius 1 is 1.24 bits per heavy atom. The molecule has 7 nitrogen and oxygen atoms in total. The Kier molecular flexibility index (Phi) is 4.74. The first-order chi connectivity index (χ1) is 12.1. The molecule has 0 unspecified atom stereocenters. The summed E-state index contributed by atoms with van der Waals surface area (Å²) in [4.78, 5) is 17.7. The maximum Gasteiger partial charge on any atom is 0.338 e. The number of hydrogen-bond donors (Lipinski definition) is 0. The van der Waals surface area contributed by atoms with Crippen molar-refractivity contribution >= 4 is 5.97 Å². The molecule has 0 aliphatic carbocycles. The molecule has 2 heterocycles. The summed E-state index contributed by atoms with van der Waals surface area (Å²) in [5.41, 5.74) is 2.00. The van der Waals surface area contributed by atoms with Crippen LogP contribution in [0.4, 0.5) is 0 Å². The zero-order chi connectivity index (χ0) is 17.8. The lowest BCUT2D eigenvalue weighted by Crippen LogP contribution is -2.07. The van der Waals surface area contributed by atoms with Crippen LogP contribution in [0.5, 0.6) is 11.5 Å². The van der Waals surface area contributed by atoms with Crippen molar-refractivity contribution in [1.82, 2.24) is 20.0 Å². The van der Waals surface area contributed by atoms with Gasteiger partial charge in [-0.2, -0.15) is 10.2 Å². The molecule has 0 fully saturated rings. The summed E-state index contributed by atoms with van der Waals surface area (Å²) in [6.07, 6.45) is 3.27. The van der Waals surface area contributed by atoms with Crippen molar-refractivity contribution in [2.24, 2.45) is 0 Å². The first kappa shape index (κ1) is 16.6. The molecule has 0 amide bonds. The van der Waals surface area contributed by atoms with Gasteiger partial charge in [0, 0.05) is 17.8 Å². The third kappa shape index (κ3) is 3.65. The summed E-state index contributed by atoms with van der Waals surface area (Å²) in [5.74, 6) is 1.33. The largest absolute Gasteiger partial charge is 0.462 e. The molecule has 0 saturated heterocycles. The van der Waals surface area contributed by atoms with Crippen molar-refractivity contribution < 1.29 is 14.3 Å². The summed E-state index contributed by atoms with van der Waals surface area (Å²) in [6.45, 7) is 5.78. The van der Waals surface area contributed by atoms with E-state index in [0.29, 0.717) is 35.1 Å². The molecule has 0 aliphatic heterocycles. The van der Waals surface area contributed by atoms with Crippen LogP contribution in [-0.2, 0) is 4.74 Å². The van der Waals surface area contributed by atoms with Crippen molar-refractivity contribution in [2.75, 3.05) is 6.61 Å². The SMILES string of the molecule is CCOC(=O)c1cccc(Oc2ccnc(-n3ncc(C)n3)c2)c1C. The van der Waals surface area contributed by atoms with Gasteiger partial charge in [-0.25, -0.2) is 9.78 Å². The van der Waals surface area contributed by atoms with E-state index in [-0.39, 0.29) is 5.97 Å². The van der Waals surface area contributed by atoms with Crippen molar-refractivity contribution in [3.8, 4) is 17.3 Å². The second-order valence-electron chi connectivity index (χ2n) is 5.38. The molecule has 3 aromatic rings. The number of pyridine rings is 1. The normalized spacial score (nSPS) is 10.5. The predicted octanol–water partition coefficient (Wildman–Crippen LogP) is 3.25. The van der Waals surface area contributed by atoms with E-state index >= 15 is 0 Å². The highest BCUT2D eigenvalue weighted by molar-refractivity contribution is 5.91. The van der Waals surface area contributed by atoms with Gasteiger partial charge in [0.2, 0.25) is 0 Å². The molecule has 25 heavy (non-hydrogen) atoms. The van der Waals surface area contributed by atoms with E-state index in [0.717, 1.165) is 5.69 Å². The highest BCUT2D eigenvalue weighted by atomic mass is 16.5. The number of esters is 1. The summed E-state index contributed by atoms with van der Waals surface area (Å²) in [5, 5.41) is 8.37. The first-order valence-corrected chi connectivity index (χ1v) is 7.88. The Morgan fingerprint density at radius 3 is 2.80 bits per heavy atom. The molecule has 1 aromatic carbocycles. The minimum atomic E-state index is -0.364. The molecule has 2 aromatic heterocycles. The highest BCUT2D eigenvalue weighted by Gasteiger charge is 2.14. The van der Waals surface area contributed by atoms with E-state index < -0.39 is 0 Å². The summed E-state index contributed by atoms with van der Waals surface area (Å²) >= 11 is 0. The Balaban J connectivity index is 1.88. The molecule has 7 heteroatoms. The quantitative estimate of drug-likeness (QED) is 0.665. The van der Waals surface area contributed by atoms with Crippen molar-refractivity contribution in [3.05, 3.63) is 59.5 Å². The molecule has 0 spiro atoms. The van der Waals surface area contributed by atoms with Crippen molar-refractivity contribution in [1.29, 1.82) is 0 Å². The molecular weight excluding hydrogens is 320 g/mol. The third-order valence-corrected chi connectivity index (χ3v) is 3.54. The number of benzene rings is 1. The van der Waals surface area contributed by atoms with Crippen LogP contribution in [0.25, 0.3) is 5.82 Å². The lowest BCUT2D eigenvalue weighted by Gasteiger charge is -2.12. The van der Waals surface area contributed by atoms with Crippen LogP contribution in [-0.4, -0.2) is 32.6 Å². The summed E-state index contributed by atoms with van der Waals surface area (Å²) in [6, 6.07) is 8.74. The van der Waals surface area contributed by atoms with E-state index in [9.17, 15) is 4.79 Å². The van der Waals surface area contributed by atoms with Crippen LogP contribution in [0.1, 0.15) is 28.5 Å². The van der Waals surface area contributed by atoms with Gasteiger partial charge in [-0.3, -0.25) is 0 Å². The lowest BCUT2D eigenvalue weighted by atomic mass is 10.1. The second-order valence-corrected chi connectivity index (χ2v) is 5.38. The maximum absolute atomic E-state index is 12.0. The molecule has 0 N–H and O–H groups in total. The maximum atomic E-state index is 12.0. The standard InChI is InChI=1S/C18H18N4O3/c1-4-24-18(23)15-6-5-7-16(13(15)3)25-14-8-9-19-17(10-14)22-20-11-12(2)21-22/h5-11H,4H2,1-3H3. The van der Waals surface area contributed by atoms with Gasteiger partial charge in [-0.1, -0.05) is 6.07 Å². The third-order valence-electron chi connectivity index (χ3n) is 3.54. The Bertz CT molecular complexity index is 905. The van der Waals surface area contributed by atoms with Crippen molar-refractivity contribution in [2.45, 2.75) is 20.8 Å². The van der Waals surface area contributed by atoms with Gasteiger partial charge in [0.25, 0.3) is 0 Å². The monoisotopic (exact) mass is 338 g/mol. The summed E-state index contributed by atoms with van der Waals surface area (Å²) in [7, 11) is 0. The van der Waals surface area contributed by atoms with Crippen LogP contribution in [0, 0.1) is 13.8 Å². The van der Waals surface area contributed by atoms with Gasteiger partial charge in [0.15, 0.2) is 5.82 Å². The van der Waals surface area contributed by atoms with Gasteiger partial charge < -0.3 is 9.47 Å². The topological polar surface area (TPSA) is 79.1 Å². The number of hydrogen-bond acceptors (Lipinski definition) is 6. The smallest absolute Gasteiger partial charge is 0.338 e. The van der Waals surface area contributed by atoms with Gasteiger partial charge in [-0.05, 0) is 39.0 Å². The van der Waals surface area contributed by atoms with Crippen LogP contribution in [0.3, 0.4) is 0 Å². The van der Waals surface area contributed by atoms with Gasteiger partial charge in [0.05, 0.1) is 24.1 Å². The molecule has 0 saturated carbocycles. The second kappa shape index (κ2) is 7.12. The van der Waals surface area contributed by atoms with E-state index in [1.807, 2.05) is 13.8 Å². The minimum Gasteiger partial charge on any atom is -0.462 e. The molecule has 128 valence electrons. The molecule has 0 aliphatic rings. The average Bonchev–Trinajstić information content (AvgIpc) is 3.04. The van der Waals surface area contributed by atoms with Crippen LogP contribution < -0.4 is 4.74 Å². The van der Waals surface area contributed by atoms with E-state index in [1.165, 1.54) is 4.80 Å². The van der Waals surface area contributed by atoms with Gasteiger partial charge >= 0.3 is 5.97 Å². The first-order valence-electron chi connectivity index (χ1n) is 7.88.